The molecule has 2 N–H and O–H groups in total. The van der Waals surface area contributed by atoms with Crippen LogP contribution < -0.4 is 62.6 Å². The second-order valence-electron chi connectivity index (χ2n) is 2.74. The third-order valence-electron chi connectivity index (χ3n) is 1.78. The number of nitrogens with two attached hydrogens (primary N) is 1. The van der Waals surface area contributed by atoms with Crippen molar-refractivity contribution < 1.29 is 64.3 Å². The summed E-state index contributed by atoms with van der Waals surface area (Å²) in [6.45, 7) is -3.23. The van der Waals surface area contributed by atoms with Crippen LogP contribution in [-0.2, 0) is 6.42 Å². The number of pyridine rings is 1. The summed E-state index contributed by atoms with van der Waals surface area (Å²) in [6.07, 6.45) is 1.23. The fourth-order valence-electron chi connectivity index (χ4n) is 1.00. The number of nitrogen functional groups attached to an aromatic ring is 1. The number of anilines is 1. The van der Waals surface area contributed by atoms with E-state index in [-0.39, 0.29) is 57.2 Å². The van der Waals surface area contributed by atoms with E-state index in [9.17, 15) is 12.9 Å². The van der Waals surface area contributed by atoms with E-state index in [2.05, 4.69) is 4.98 Å². The Balaban J connectivity index is 0.00000169. The molecule has 0 amide bonds. The molecule has 1 aromatic heterocycles. The number of aryl methyl sites for hydroxylation is 1. The molecule has 0 spiro atoms. The summed E-state index contributed by atoms with van der Waals surface area (Å²) >= 11 is 0. The SMILES string of the molecule is CCc1cc([B-](F)(F)F)cnc1N.[K+]. The van der Waals surface area contributed by atoms with E-state index >= 15 is 0 Å². The zero-order valence-electron chi connectivity index (χ0n) is 8.10. The molecule has 1 heterocycles. The maximum absolute atomic E-state index is 12.2. The predicted octanol–water partition coefficient (Wildman–Crippen LogP) is -1.72. The van der Waals surface area contributed by atoms with Gasteiger partial charge in [-0.2, -0.15) is 0 Å². The van der Waals surface area contributed by atoms with Crippen LogP contribution in [0, 0.1) is 0 Å². The number of hydrogen-bond donors (Lipinski definition) is 1. The summed E-state index contributed by atoms with van der Waals surface area (Å²) in [5, 5.41) is 0. The Kier molecular flexibility index (Phi) is 5.68. The molecule has 0 bridgehead atoms. The fourth-order valence-corrected chi connectivity index (χ4v) is 1.00. The van der Waals surface area contributed by atoms with Gasteiger partial charge in [0.2, 0.25) is 0 Å². The van der Waals surface area contributed by atoms with E-state index in [1.54, 1.807) is 6.92 Å². The number of hydrogen-bond acceptors (Lipinski definition) is 2. The Labute approximate surface area is 123 Å². The van der Waals surface area contributed by atoms with Crippen molar-refractivity contribution in [1.82, 2.24) is 4.98 Å². The number of rotatable bonds is 2. The molecule has 14 heavy (non-hydrogen) atoms. The maximum Gasteiger partial charge on any atom is 1.00 e. The summed E-state index contributed by atoms with van der Waals surface area (Å²) in [4.78, 5) is 3.49. The van der Waals surface area contributed by atoms with Gasteiger partial charge in [0.15, 0.2) is 0 Å². The van der Waals surface area contributed by atoms with E-state index in [0.29, 0.717) is 12.0 Å². The van der Waals surface area contributed by atoms with Crippen LogP contribution in [0.3, 0.4) is 0 Å². The quantitative estimate of drug-likeness (QED) is 0.612. The molecule has 0 radical (unpaired) electrons. The second-order valence-corrected chi connectivity index (χ2v) is 2.74. The number of halogens is 3. The molecular formula is C7H9BF3KN2. The van der Waals surface area contributed by atoms with Crippen LogP contribution in [-0.4, -0.2) is 12.0 Å². The van der Waals surface area contributed by atoms with E-state index in [1.165, 1.54) is 0 Å². The van der Waals surface area contributed by atoms with Gasteiger partial charge in [0.1, 0.15) is 5.82 Å². The van der Waals surface area contributed by atoms with Crippen molar-refractivity contribution in [2.75, 3.05) is 5.73 Å². The minimum atomic E-state index is -4.96. The van der Waals surface area contributed by atoms with Crippen molar-refractivity contribution in [2.24, 2.45) is 0 Å². The van der Waals surface area contributed by atoms with E-state index in [0.717, 1.165) is 12.3 Å². The molecule has 7 heteroatoms. The monoisotopic (exact) mass is 228 g/mol. The predicted molar refractivity (Wildman–Crippen MR) is 46.7 cm³/mol. The molecule has 1 rings (SSSR count). The average molecular weight is 228 g/mol. The third-order valence-corrected chi connectivity index (χ3v) is 1.78. The summed E-state index contributed by atoms with van der Waals surface area (Å²) in [6, 6.07) is 1.06. The Morgan fingerprint density at radius 1 is 1.43 bits per heavy atom. The van der Waals surface area contributed by atoms with Gasteiger partial charge in [-0.05, 0) is 12.0 Å². The zero-order chi connectivity index (χ0) is 10.1. The van der Waals surface area contributed by atoms with E-state index in [1.807, 2.05) is 0 Å². The topological polar surface area (TPSA) is 38.9 Å². The fraction of sp³-hybridized carbons (Fsp3) is 0.286. The van der Waals surface area contributed by atoms with Gasteiger partial charge in [-0.1, -0.05) is 18.5 Å². The molecule has 0 fully saturated rings. The van der Waals surface area contributed by atoms with Gasteiger partial charge in [0, 0.05) is 6.20 Å². The van der Waals surface area contributed by atoms with Crippen molar-refractivity contribution in [2.45, 2.75) is 13.3 Å². The first-order valence-corrected chi connectivity index (χ1v) is 3.89. The van der Waals surface area contributed by atoms with Gasteiger partial charge >= 0.3 is 58.4 Å². The molecule has 0 aliphatic rings. The number of aromatic nitrogens is 1. The minimum absolute atomic E-state index is 0. The van der Waals surface area contributed by atoms with Gasteiger partial charge < -0.3 is 18.7 Å². The van der Waals surface area contributed by atoms with Crippen LogP contribution in [0.25, 0.3) is 0 Å². The van der Waals surface area contributed by atoms with E-state index in [4.69, 9.17) is 5.73 Å². The van der Waals surface area contributed by atoms with Gasteiger partial charge in [0.05, 0.1) is 0 Å². The molecule has 2 nitrogen and oxygen atoms in total. The molecule has 1 aromatic rings. The maximum atomic E-state index is 12.2. The largest absolute Gasteiger partial charge is 1.00 e. The first-order valence-electron chi connectivity index (χ1n) is 3.89. The van der Waals surface area contributed by atoms with Gasteiger partial charge in [-0.3, -0.25) is 0 Å². The van der Waals surface area contributed by atoms with Crippen molar-refractivity contribution in [3.05, 3.63) is 17.8 Å². The van der Waals surface area contributed by atoms with Crippen molar-refractivity contribution in [1.29, 1.82) is 0 Å². The molecule has 0 aliphatic carbocycles. The van der Waals surface area contributed by atoms with Crippen LogP contribution in [0.5, 0.6) is 0 Å². The van der Waals surface area contributed by atoms with Crippen LogP contribution in [0.2, 0.25) is 0 Å². The van der Waals surface area contributed by atoms with Gasteiger partial charge in [0.25, 0.3) is 0 Å². The molecule has 0 aliphatic heterocycles. The van der Waals surface area contributed by atoms with Crippen LogP contribution in [0.4, 0.5) is 18.8 Å². The van der Waals surface area contributed by atoms with Gasteiger partial charge in [-0.15, -0.1) is 0 Å². The first-order chi connectivity index (χ1) is 5.95. The van der Waals surface area contributed by atoms with Crippen LogP contribution >= 0.6 is 0 Å². The average Bonchev–Trinajstić information content (AvgIpc) is 2.03. The summed E-state index contributed by atoms with van der Waals surface area (Å²) in [7, 11) is 0. The second kappa shape index (κ2) is 5.50. The Bertz CT molecular complexity index is 316. The summed E-state index contributed by atoms with van der Waals surface area (Å²) in [5.74, 6) is 0.173. The minimum Gasteiger partial charge on any atom is -0.445 e. The normalized spacial score (nSPS) is 10.9. The Morgan fingerprint density at radius 3 is 2.43 bits per heavy atom. The van der Waals surface area contributed by atoms with Gasteiger partial charge in [-0.25, -0.2) is 4.98 Å². The van der Waals surface area contributed by atoms with Crippen LogP contribution in [0.15, 0.2) is 12.3 Å². The first kappa shape index (κ1) is 14.4. The standard InChI is InChI=1S/C7H9BF3N2.K/c1-2-5-3-6(8(9,10)11)4-13-7(5)12;/h3-4H,2H2,1H3,(H2,12,13);/q-1;+1. The molecule has 0 atom stereocenters. The van der Waals surface area contributed by atoms with Crippen molar-refractivity contribution in [3.8, 4) is 0 Å². The summed E-state index contributed by atoms with van der Waals surface area (Å²) in [5.41, 5.74) is 5.12. The third kappa shape index (κ3) is 3.54. The Morgan fingerprint density at radius 2 is 2.00 bits per heavy atom. The zero-order valence-corrected chi connectivity index (χ0v) is 11.2. The summed E-state index contributed by atoms with van der Waals surface area (Å²) < 4.78 is 36.7. The molecule has 0 aromatic carbocycles. The smallest absolute Gasteiger partial charge is 0.445 e. The van der Waals surface area contributed by atoms with E-state index < -0.39 is 12.4 Å². The molecule has 0 saturated carbocycles. The molecule has 0 saturated heterocycles. The van der Waals surface area contributed by atoms with Crippen molar-refractivity contribution >= 4 is 18.3 Å². The number of nitrogens with zero attached hydrogens (tertiary/aromatic N) is 1. The molecule has 0 unspecified atom stereocenters. The van der Waals surface area contributed by atoms with Crippen molar-refractivity contribution in [3.63, 3.8) is 0 Å². The molecule has 72 valence electrons. The molecular weight excluding hydrogens is 219 g/mol. The Hall–Kier alpha value is 0.441. The van der Waals surface area contributed by atoms with Crippen LogP contribution in [0.1, 0.15) is 12.5 Å².